The molecule has 0 radical (unpaired) electrons. The van der Waals surface area contributed by atoms with E-state index in [0.29, 0.717) is 18.3 Å². The molecule has 4 rings (SSSR count). The number of pyridine rings is 1. The van der Waals surface area contributed by atoms with Gasteiger partial charge in [0.1, 0.15) is 0 Å². The molecule has 0 spiro atoms. The lowest BCUT2D eigenvalue weighted by molar-refractivity contribution is -0.123. The van der Waals surface area contributed by atoms with Crippen molar-refractivity contribution < 1.29 is 4.79 Å². The SMILES string of the molecule is Cc1ccc(N2CC(C)CC(NC(=O)CC3CCN(C)CC3)C2)c2cccnc12. The van der Waals surface area contributed by atoms with Gasteiger partial charge in [0, 0.05) is 42.8 Å². The summed E-state index contributed by atoms with van der Waals surface area (Å²) >= 11 is 0. The van der Waals surface area contributed by atoms with Crippen LogP contribution in [-0.2, 0) is 4.79 Å². The van der Waals surface area contributed by atoms with Crippen LogP contribution in [0.4, 0.5) is 5.69 Å². The van der Waals surface area contributed by atoms with E-state index in [9.17, 15) is 4.79 Å². The van der Waals surface area contributed by atoms with E-state index >= 15 is 0 Å². The van der Waals surface area contributed by atoms with Crippen molar-refractivity contribution in [1.82, 2.24) is 15.2 Å². The number of nitrogens with zero attached hydrogens (tertiary/aromatic N) is 3. The Balaban J connectivity index is 1.43. The van der Waals surface area contributed by atoms with Gasteiger partial charge in [-0.1, -0.05) is 13.0 Å². The third-order valence-corrected chi connectivity index (χ3v) is 6.63. The largest absolute Gasteiger partial charge is 0.369 e. The second-order valence-corrected chi connectivity index (χ2v) is 9.26. The number of rotatable bonds is 4. The van der Waals surface area contributed by atoms with E-state index in [-0.39, 0.29) is 11.9 Å². The lowest BCUT2D eigenvalue weighted by Crippen LogP contribution is -2.51. The monoisotopic (exact) mass is 394 g/mol. The van der Waals surface area contributed by atoms with Gasteiger partial charge in [-0.25, -0.2) is 0 Å². The molecule has 2 aliphatic rings. The number of aromatic nitrogens is 1. The van der Waals surface area contributed by atoms with Gasteiger partial charge < -0.3 is 15.1 Å². The standard InChI is InChI=1S/C24H34N4O/c1-17-13-20(26-23(29)14-19-8-11-27(3)12-9-19)16-28(15-17)22-7-6-18(2)24-21(22)5-4-10-25-24/h4-7,10,17,19-20H,8-9,11-16H2,1-3H3,(H,26,29). The molecule has 29 heavy (non-hydrogen) atoms. The molecule has 2 aliphatic heterocycles. The molecule has 1 aromatic carbocycles. The zero-order valence-electron chi connectivity index (χ0n) is 18.0. The highest BCUT2D eigenvalue weighted by atomic mass is 16.1. The molecule has 2 aromatic rings. The molecule has 156 valence electrons. The number of carbonyl (C=O) groups excluding carboxylic acids is 1. The molecule has 0 saturated carbocycles. The summed E-state index contributed by atoms with van der Waals surface area (Å²) in [5.41, 5.74) is 3.52. The van der Waals surface area contributed by atoms with Gasteiger partial charge in [0.2, 0.25) is 5.91 Å². The fourth-order valence-corrected chi connectivity index (χ4v) is 5.04. The summed E-state index contributed by atoms with van der Waals surface area (Å²) in [6.45, 7) is 8.52. The highest BCUT2D eigenvalue weighted by Gasteiger charge is 2.28. The maximum atomic E-state index is 12.7. The molecule has 3 heterocycles. The predicted octanol–water partition coefficient (Wildman–Crippen LogP) is 3.61. The van der Waals surface area contributed by atoms with Crippen molar-refractivity contribution in [2.24, 2.45) is 11.8 Å². The van der Waals surface area contributed by atoms with E-state index in [2.05, 4.69) is 59.2 Å². The molecule has 0 aliphatic carbocycles. The van der Waals surface area contributed by atoms with Crippen LogP contribution in [0.1, 0.15) is 38.2 Å². The number of fused-ring (bicyclic) bond motifs is 1. The Hall–Kier alpha value is -2.14. The lowest BCUT2D eigenvalue weighted by Gasteiger charge is -2.39. The van der Waals surface area contributed by atoms with Crippen molar-refractivity contribution in [3.05, 3.63) is 36.0 Å². The first kappa shape index (κ1) is 20.1. The van der Waals surface area contributed by atoms with Crippen molar-refractivity contribution in [1.29, 1.82) is 0 Å². The molecule has 1 N–H and O–H groups in total. The van der Waals surface area contributed by atoms with Crippen molar-refractivity contribution in [3.8, 4) is 0 Å². The molecule has 2 atom stereocenters. The molecule has 1 aromatic heterocycles. The first-order chi connectivity index (χ1) is 14.0. The van der Waals surface area contributed by atoms with Gasteiger partial charge in [-0.15, -0.1) is 0 Å². The zero-order valence-corrected chi connectivity index (χ0v) is 18.0. The van der Waals surface area contributed by atoms with Crippen LogP contribution in [0, 0.1) is 18.8 Å². The van der Waals surface area contributed by atoms with Gasteiger partial charge in [-0.3, -0.25) is 9.78 Å². The van der Waals surface area contributed by atoms with Crippen molar-refractivity contribution in [3.63, 3.8) is 0 Å². The highest BCUT2D eigenvalue weighted by Crippen LogP contribution is 2.31. The lowest BCUT2D eigenvalue weighted by atomic mass is 9.92. The van der Waals surface area contributed by atoms with E-state index in [1.165, 1.54) is 16.6 Å². The quantitative estimate of drug-likeness (QED) is 0.861. The zero-order chi connectivity index (χ0) is 20.4. The Morgan fingerprint density at radius 1 is 1.21 bits per heavy atom. The summed E-state index contributed by atoms with van der Waals surface area (Å²) in [5.74, 6) is 1.31. The highest BCUT2D eigenvalue weighted by molar-refractivity contribution is 5.93. The number of amides is 1. The van der Waals surface area contributed by atoms with Crippen molar-refractivity contribution in [2.75, 3.05) is 38.1 Å². The third kappa shape index (κ3) is 4.72. The second-order valence-electron chi connectivity index (χ2n) is 9.26. The average molecular weight is 395 g/mol. The van der Waals surface area contributed by atoms with Crippen LogP contribution in [0.5, 0.6) is 0 Å². The molecule has 2 unspecified atom stereocenters. The van der Waals surface area contributed by atoms with E-state index in [4.69, 9.17) is 0 Å². The van der Waals surface area contributed by atoms with E-state index in [0.717, 1.165) is 51.0 Å². The number of hydrogen-bond acceptors (Lipinski definition) is 4. The Bertz CT molecular complexity index is 859. The summed E-state index contributed by atoms with van der Waals surface area (Å²) < 4.78 is 0. The van der Waals surface area contributed by atoms with Crippen LogP contribution in [-0.4, -0.2) is 55.1 Å². The summed E-state index contributed by atoms with van der Waals surface area (Å²) in [6.07, 6.45) is 5.87. The van der Waals surface area contributed by atoms with Gasteiger partial charge in [-0.05, 0) is 81.9 Å². The number of carbonyl (C=O) groups is 1. The summed E-state index contributed by atoms with van der Waals surface area (Å²) in [4.78, 5) is 22.1. The number of aryl methyl sites for hydroxylation is 1. The summed E-state index contributed by atoms with van der Waals surface area (Å²) in [5, 5.41) is 4.56. The van der Waals surface area contributed by atoms with E-state index < -0.39 is 0 Å². The van der Waals surface area contributed by atoms with Gasteiger partial charge in [0.15, 0.2) is 0 Å². The molecule has 1 amide bonds. The van der Waals surface area contributed by atoms with Gasteiger partial charge >= 0.3 is 0 Å². The maximum Gasteiger partial charge on any atom is 0.220 e. The van der Waals surface area contributed by atoms with Gasteiger partial charge in [0.05, 0.1) is 5.52 Å². The topological polar surface area (TPSA) is 48.5 Å². The molecule has 2 fully saturated rings. The number of benzene rings is 1. The van der Waals surface area contributed by atoms with E-state index in [1.54, 1.807) is 0 Å². The normalized spacial score (nSPS) is 24.0. The van der Waals surface area contributed by atoms with Gasteiger partial charge in [-0.2, -0.15) is 0 Å². The minimum absolute atomic E-state index is 0.213. The van der Waals surface area contributed by atoms with Crippen molar-refractivity contribution in [2.45, 2.75) is 45.6 Å². The van der Waals surface area contributed by atoms with E-state index in [1.807, 2.05) is 12.3 Å². The fraction of sp³-hybridized carbons (Fsp3) is 0.583. The predicted molar refractivity (Wildman–Crippen MR) is 119 cm³/mol. The van der Waals surface area contributed by atoms with Crippen molar-refractivity contribution >= 4 is 22.5 Å². The number of likely N-dealkylation sites (tertiary alicyclic amines) is 1. The smallest absolute Gasteiger partial charge is 0.220 e. The number of anilines is 1. The first-order valence-corrected chi connectivity index (χ1v) is 11.1. The maximum absolute atomic E-state index is 12.7. The Kier molecular flexibility index (Phi) is 6.04. The molecule has 5 nitrogen and oxygen atoms in total. The Labute approximate surface area is 174 Å². The minimum Gasteiger partial charge on any atom is -0.369 e. The Morgan fingerprint density at radius 3 is 2.79 bits per heavy atom. The number of piperidine rings is 2. The minimum atomic E-state index is 0.213. The molecule has 0 bridgehead atoms. The van der Waals surface area contributed by atoms with Crippen LogP contribution in [0.15, 0.2) is 30.5 Å². The second kappa shape index (κ2) is 8.70. The molecule has 5 heteroatoms. The summed E-state index contributed by atoms with van der Waals surface area (Å²) in [6, 6.07) is 8.77. The first-order valence-electron chi connectivity index (χ1n) is 11.1. The fourth-order valence-electron chi connectivity index (χ4n) is 5.04. The van der Waals surface area contributed by atoms with Crippen LogP contribution < -0.4 is 10.2 Å². The molecular formula is C24H34N4O. The molecule has 2 saturated heterocycles. The average Bonchev–Trinajstić information content (AvgIpc) is 2.70. The van der Waals surface area contributed by atoms with Crippen LogP contribution in [0.3, 0.4) is 0 Å². The summed E-state index contributed by atoms with van der Waals surface area (Å²) in [7, 11) is 2.17. The molecular weight excluding hydrogens is 360 g/mol. The van der Waals surface area contributed by atoms with Gasteiger partial charge in [0.25, 0.3) is 0 Å². The van der Waals surface area contributed by atoms with Crippen LogP contribution >= 0.6 is 0 Å². The number of hydrogen-bond donors (Lipinski definition) is 1. The Morgan fingerprint density at radius 2 is 2.00 bits per heavy atom. The van der Waals surface area contributed by atoms with Crippen LogP contribution in [0.2, 0.25) is 0 Å². The van der Waals surface area contributed by atoms with Crippen LogP contribution in [0.25, 0.3) is 10.9 Å². The third-order valence-electron chi connectivity index (χ3n) is 6.63. The number of nitrogens with one attached hydrogen (secondary N) is 1.